The molecule has 3 rings (SSSR count). The Morgan fingerprint density at radius 2 is 1.88 bits per heavy atom. The first kappa shape index (κ1) is 16.7. The van der Waals surface area contributed by atoms with Gasteiger partial charge in [0, 0.05) is 5.56 Å². The maximum absolute atomic E-state index is 11.9. The summed E-state index contributed by atoms with van der Waals surface area (Å²) in [7, 11) is 0. The number of benzene rings is 1. The summed E-state index contributed by atoms with van der Waals surface area (Å²) in [5, 5.41) is 3.62. The molecule has 0 saturated heterocycles. The molecule has 0 bridgehead atoms. The van der Waals surface area contributed by atoms with Gasteiger partial charge in [0.15, 0.2) is 0 Å². The fourth-order valence-electron chi connectivity index (χ4n) is 2.30. The molecule has 0 amide bonds. The zero-order chi connectivity index (χ0) is 18.0. The van der Waals surface area contributed by atoms with Crippen LogP contribution in [-0.4, -0.2) is 23.8 Å². The summed E-state index contributed by atoms with van der Waals surface area (Å²) in [6.07, 6.45) is 1.42. The Kier molecular flexibility index (Phi) is 4.52. The number of rotatable bonds is 4. The van der Waals surface area contributed by atoms with Crippen LogP contribution in [0.3, 0.4) is 0 Å². The van der Waals surface area contributed by atoms with E-state index < -0.39 is 5.97 Å². The molecule has 25 heavy (non-hydrogen) atoms. The largest absolute Gasteiger partial charge is 0.459 e. The van der Waals surface area contributed by atoms with Gasteiger partial charge in [-0.25, -0.2) is 9.59 Å². The van der Waals surface area contributed by atoms with E-state index in [1.165, 1.54) is 0 Å². The molecule has 0 unspecified atom stereocenters. The Hall–Kier alpha value is -3.15. The minimum Gasteiger partial charge on any atom is -0.459 e. The van der Waals surface area contributed by atoms with E-state index in [-0.39, 0.29) is 12.1 Å². The summed E-state index contributed by atoms with van der Waals surface area (Å²) in [6.45, 7) is 5.30. The van der Waals surface area contributed by atoms with Crippen LogP contribution < -0.4 is 0 Å². The summed E-state index contributed by atoms with van der Waals surface area (Å²) in [6, 6.07) is 10.5. The fourth-order valence-corrected chi connectivity index (χ4v) is 2.30. The van der Waals surface area contributed by atoms with E-state index in [1.54, 1.807) is 63.2 Å². The zero-order valence-electron chi connectivity index (χ0n) is 14.1. The Labute approximate surface area is 144 Å². The van der Waals surface area contributed by atoms with Crippen molar-refractivity contribution in [1.29, 1.82) is 0 Å². The van der Waals surface area contributed by atoms with Crippen molar-refractivity contribution in [3.63, 3.8) is 0 Å². The molecule has 0 saturated carbocycles. The highest BCUT2D eigenvalue weighted by Crippen LogP contribution is 2.25. The summed E-state index contributed by atoms with van der Waals surface area (Å²) >= 11 is 0. The first-order valence-electron chi connectivity index (χ1n) is 7.83. The van der Waals surface area contributed by atoms with Gasteiger partial charge in [0.05, 0.1) is 23.0 Å². The third-order valence-electron chi connectivity index (χ3n) is 3.54. The van der Waals surface area contributed by atoms with Gasteiger partial charge in [-0.2, -0.15) is 0 Å². The molecule has 1 aromatic heterocycles. The van der Waals surface area contributed by atoms with Crippen molar-refractivity contribution in [3.8, 4) is 11.3 Å². The standard InChI is InChI=1S/C19H17NO5/c1-11(2)23-18(21)14-6-4-13(5-7-14)17-9-8-15(24-17)10-16-12(3)20-25-19(16)22/h4-11H,1-3H3/b16-10-. The number of hydrogen-bond acceptors (Lipinski definition) is 6. The van der Waals surface area contributed by atoms with E-state index in [4.69, 9.17) is 9.15 Å². The molecule has 2 heterocycles. The van der Waals surface area contributed by atoms with Crippen LogP contribution in [0.5, 0.6) is 0 Å². The molecule has 0 atom stereocenters. The summed E-state index contributed by atoms with van der Waals surface area (Å²) in [5.74, 6) is 0.280. The molecule has 6 nitrogen and oxygen atoms in total. The summed E-state index contributed by atoms with van der Waals surface area (Å²) in [4.78, 5) is 28.0. The number of nitrogens with zero attached hydrogens (tertiary/aromatic N) is 1. The van der Waals surface area contributed by atoms with Gasteiger partial charge in [0.25, 0.3) is 0 Å². The van der Waals surface area contributed by atoms with Crippen LogP contribution in [0.2, 0.25) is 0 Å². The van der Waals surface area contributed by atoms with Gasteiger partial charge in [-0.3, -0.25) is 0 Å². The van der Waals surface area contributed by atoms with Crippen LogP contribution in [0.1, 0.15) is 36.9 Å². The van der Waals surface area contributed by atoms with Crippen LogP contribution in [0, 0.1) is 0 Å². The van der Waals surface area contributed by atoms with Crippen molar-refractivity contribution < 1.29 is 23.6 Å². The zero-order valence-corrected chi connectivity index (χ0v) is 14.1. The van der Waals surface area contributed by atoms with Crippen molar-refractivity contribution in [1.82, 2.24) is 0 Å². The molecule has 1 aliphatic heterocycles. The summed E-state index contributed by atoms with van der Waals surface area (Å²) in [5.41, 5.74) is 2.17. The molecule has 0 spiro atoms. The van der Waals surface area contributed by atoms with Gasteiger partial charge in [0.2, 0.25) is 0 Å². The normalized spacial score (nSPS) is 15.4. The Morgan fingerprint density at radius 1 is 1.16 bits per heavy atom. The number of furan rings is 1. The van der Waals surface area contributed by atoms with Crippen LogP contribution in [0.25, 0.3) is 17.4 Å². The minimum absolute atomic E-state index is 0.165. The fraction of sp³-hybridized carbons (Fsp3) is 0.211. The lowest BCUT2D eigenvalue weighted by molar-refractivity contribution is -0.136. The van der Waals surface area contributed by atoms with Gasteiger partial charge < -0.3 is 14.0 Å². The molecular weight excluding hydrogens is 322 g/mol. The number of carbonyl (C=O) groups is 2. The van der Waals surface area contributed by atoms with E-state index in [0.717, 1.165) is 5.56 Å². The van der Waals surface area contributed by atoms with E-state index in [9.17, 15) is 9.59 Å². The lowest BCUT2D eigenvalue weighted by atomic mass is 10.1. The minimum atomic E-state index is -0.497. The van der Waals surface area contributed by atoms with Crippen LogP contribution >= 0.6 is 0 Å². The van der Waals surface area contributed by atoms with Crippen molar-refractivity contribution in [2.75, 3.05) is 0 Å². The second-order valence-electron chi connectivity index (χ2n) is 5.85. The first-order chi connectivity index (χ1) is 11.9. The SMILES string of the molecule is CC1=NOC(=O)/C1=C\c1ccc(-c2ccc(C(=O)OC(C)C)cc2)o1. The highest BCUT2D eigenvalue weighted by molar-refractivity contribution is 6.24. The maximum Gasteiger partial charge on any atom is 0.367 e. The molecule has 128 valence electrons. The lowest BCUT2D eigenvalue weighted by Gasteiger charge is -2.07. The molecule has 2 aromatic rings. The monoisotopic (exact) mass is 339 g/mol. The molecule has 1 aromatic carbocycles. The van der Waals surface area contributed by atoms with Gasteiger partial charge >= 0.3 is 11.9 Å². The van der Waals surface area contributed by atoms with E-state index >= 15 is 0 Å². The molecule has 0 aliphatic carbocycles. The molecular formula is C19H17NO5. The molecule has 0 fully saturated rings. The third-order valence-corrected chi connectivity index (χ3v) is 3.54. The number of ether oxygens (including phenoxy) is 1. The average molecular weight is 339 g/mol. The first-order valence-corrected chi connectivity index (χ1v) is 7.83. The van der Waals surface area contributed by atoms with Crippen LogP contribution in [0.4, 0.5) is 0 Å². The lowest BCUT2D eigenvalue weighted by Crippen LogP contribution is -2.11. The predicted molar refractivity (Wildman–Crippen MR) is 91.9 cm³/mol. The third kappa shape index (κ3) is 3.68. The summed E-state index contributed by atoms with van der Waals surface area (Å²) < 4.78 is 10.9. The molecule has 6 heteroatoms. The van der Waals surface area contributed by atoms with E-state index in [1.807, 2.05) is 0 Å². The molecule has 0 N–H and O–H groups in total. The predicted octanol–water partition coefficient (Wildman–Crippen LogP) is 3.83. The number of hydrogen-bond donors (Lipinski definition) is 0. The number of esters is 1. The topological polar surface area (TPSA) is 78.1 Å². The van der Waals surface area contributed by atoms with Crippen molar-refractivity contribution in [3.05, 3.63) is 53.3 Å². The second kappa shape index (κ2) is 6.76. The smallest absolute Gasteiger partial charge is 0.367 e. The number of carbonyl (C=O) groups excluding carboxylic acids is 2. The Balaban J connectivity index is 1.79. The Bertz CT molecular complexity index is 871. The molecule has 1 aliphatic rings. The van der Waals surface area contributed by atoms with E-state index in [2.05, 4.69) is 9.99 Å². The van der Waals surface area contributed by atoms with Crippen molar-refractivity contribution in [2.45, 2.75) is 26.9 Å². The Morgan fingerprint density at radius 3 is 2.48 bits per heavy atom. The van der Waals surface area contributed by atoms with Gasteiger partial charge in [-0.1, -0.05) is 17.3 Å². The van der Waals surface area contributed by atoms with Crippen LogP contribution in [0.15, 0.2) is 51.5 Å². The average Bonchev–Trinajstić information content (AvgIpc) is 3.17. The van der Waals surface area contributed by atoms with Gasteiger partial charge in [-0.15, -0.1) is 0 Å². The van der Waals surface area contributed by atoms with Gasteiger partial charge in [-0.05, 0) is 51.1 Å². The van der Waals surface area contributed by atoms with Gasteiger partial charge in [0.1, 0.15) is 11.5 Å². The maximum atomic E-state index is 11.9. The van der Waals surface area contributed by atoms with Crippen LogP contribution in [-0.2, 0) is 14.4 Å². The van der Waals surface area contributed by atoms with Crippen molar-refractivity contribution >= 4 is 23.7 Å². The van der Waals surface area contributed by atoms with Crippen molar-refractivity contribution in [2.24, 2.45) is 5.16 Å². The molecule has 0 radical (unpaired) electrons. The highest BCUT2D eigenvalue weighted by atomic mass is 16.7. The second-order valence-corrected chi connectivity index (χ2v) is 5.85. The highest BCUT2D eigenvalue weighted by Gasteiger charge is 2.22. The van der Waals surface area contributed by atoms with E-state index in [0.29, 0.717) is 28.4 Å². The number of oxime groups is 1. The quantitative estimate of drug-likeness (QED) is 0.480.